The van der Waals surface area contributed by atoms with E-state index in [4.69, 9.17) is 20.7 Å². The van der Waals surface area contributed by atoms with Crippen molar-refractivity contribution in [2.45, 2.75) is 18.9 Å². The topological polar surface area (TPSA) is 92.8 Å². The van der Waals surface area contributed by atoms with Crippen molar-refractivity contribution in [2.24, 2.45) is 0 Å². The van der Waals surface area contributed by atoms with E-state index in [-0.39, 0.29) is 18.3 Å². The first kappa shape index (κ1) is 13.5. The van der Waals surface area contributed by atoms with Crippen LogP contribution in [0.3, 0.4) is 0 Å². The largest absolute Gasteiger partial charge is 0.478 e. The Balaban J connectivity index is 0.000000181. The van der Waals surface area contributed by atoms with Gasteiger partial charge in [-0.3, -0.25) is 0 Å². The summed E-state index contributed by atoms with van der Waals surface area (Å²) in [7, 11) is 0. The summed E-state index contributed by atoms with van der Waals surface area (Å²) in [5.74, 6) is -0.988. The maximum Gasteiger partial charge on any atom is 0.337 e. The minimum atomic E-state index is -0.988. The summed E-state index contributed by atoms with van der Waals surface area (Å²) in [6.45, 7) is 1.03. The van der Waals surface area contributed by atoms with Crippen LogP contribution in [0.4, 0.5) is 5.69 Å². The number of ether oxygens (including phenoxy) is 1. The predicted molar refractivity (Wildman–Crippen MR) is 63.9 cm³/mol. The number of aliphatic hydroxyl groups excluding tert-OH is 1. The molecule has 1 fully saturated rings. The first-order valence-corrected chi connectivity index (χ1v) is 5.45. The zero-order chi connectivity index (χ0) is 12.7. The van der Waals surface area contributed by atoms with Crippen LogP contribution >= 0.6 is 0 Å². The maximum absolute atomic E-state index is 10.3. The van der Waals surface area contributed by atoms with Crippen molar-refractivity contribution in [3.8, 4) is 0 Å². The molecule has 0 saturated carbocycles. The molecule has 94 valence electrons. The molecule has 5 nitrogen and oxygen atoms in total. The molecule has 5 heteroatoms. The number of carboxylic acids is 1. The summed E-state index contributed by atoms with van der Waals surface area (Å²) in [5, 5.41) is 16.9. The van der Waals surface area contributed by atoms with E-state index < -0.39 is 5.97 Å². The van der Waals surface area contributed by atoms with Gasteiger partial charge in [-0.25, -0.2) is 4.79 Å². The fraction of sp³-hybridized carbons (Fsp3) is 0.417. The minimum Gasteiger partial charge on any atom is -0.478 e. The predicted octanol–water partition coefficient (Wildman–Crippen LogP) is 1.12. The molecule has 17 heavy (non-hydrogen) atoms. The molecule has 0 spiro atoms. The molecule has 0 bridgehead atoms. The van der Waals surface area contributed by atoms with Gasteiger partial charge >= 0.3 is 5.97 Å². The Labute approximate surface area is 99.8 Å². The Morgan fingerprint density at radius 1 is 1.47 bits per heavy atom. The van der Waals surface area contributed by atoms with Crippen LogP contribution in [0.25, 0.3) is 0 Å². The number of carbonyl (C=O) groups is 1. The fourth-order valence-electron chi connectivity index (χ4n) is 1.48. The van der Waals surface area contributed by atoms with Gasteiger partial charge in [0.15, 0.2) is 0 Å². The average Bonchev–Trinajstić information content (AvgIpc) is 2.83. The van der Waals surface area contributed by atoms with E-state index in [2.05, 4.69) is 0 Å². The molecule has 1 saturated heterocycles. The second kappa shape index (κ2) is 6.88. The number of aliphatic hydroxyl groups is 1. The summed E-state index contributed by atoms with van der Waals surface area (Å²) in [6.07, 6.45) is 2.31. The van der Waals surface area contributed by atoms with Gasteiger partial charge in [0.05, 0.1) is 18.3 Å². The molecule has 0 aliphatic carbocycles. The van der Waals surface area contributed by atoms with Crippen LogP contribution in [0.15, 0.2) is 24.3 Å². The summed E-state index contributed by atoms with van der Waals surface area (Å²) >= 11 is 0. The van der Waals surface area contributed by atoms with Crippen molar-refractivity contribution in [3.05, 3.63) is 29.8 Å². The molecule has 1 unspecified atom stereocenters. The van der Waals surface area contributed by atoms with Gasteiger partial charge in [0.2, 0.25) is 0 Å². The Morgan fingerprint density at radius 3 is 2.53 bits per heavy atom. The van der Waals surface area contributed by atoms with E-state index in [0.29, 0.717) is 5.69 Å². The van der Waals surface area contributed by atoms with Gasteiger partial charge in [0.1, 0.15) is 0 Å². The molecule has 4 N–H and O–H groups in total. The lowest BCUT2D eigenvalue weighted by atomic mass is 10.2. The monoisotopic (exact) mass is 239 g/mol. The van der Waals surface area contributed by atoms with E-state index in [1.54, 1.807) is 18.2 Å². The molecular weight excluding hydrogens is 222 g/mol. The number of benzene rings is 1. The van der Waals surface area contributed by atoms with Gasteiger partial charge in [-0.2, -0.15) is 0 Å². The second-order valence-corrected chi connectivity index (χ2v) is 3.71. The molecule has 2 rings (SSSR count). The third kappa shape index (κ3) is 4.42. The number of nitrogens with two attached hydrogens (primary N) is 1. The SMILES string of the molecule is Nc1ccccc1C(=O)O.OCC1CCCO1. The fourth-order valence-corrected chi connectivity index (χ4v) is 1.48. The van der Waals surface area contributed by atoms with Crippen LogP contribution in [-0.2, 0) is 4.74 Å². The normalized spacial score (nSPS) is 18.3. The number of hydrogen-bond donors (Lipinski definition) is 3. The van der Waals surface area contributed by atoms with E-state index in [0.717, 1.165) is 19.4 Å². The van der Waals surface area contributed by atoms with Crippen LogP contribution in [-0.4, -0.2) is 35.5 Å². The number of nitrogen functional groups attached to an aromatic ring is 1. The molecule has 1 aliphatic rings. The van der Waals surface area contributed by atoms with Crippen LogP contribution in [0.5, 0.6) is 0 Å². The Bertz CT molecular complexity index is 361. The van der Waals surface area contributed by atoms with Crippen LogP contribution in [0.2, 0.25) is 0 Å². The molecule has 1 heterocycles. The zero-order valence-corrected chi connectivity index (χ0v) is 9.50. The number of hydrogen-bond acceptors (Lipinski definition) is 4. The average molecular weight is 239 g/mol. The summed E-state index contributed by atoms with van der Waals surface area (Å²) in [6, 6.07) is 6.36. The highest BCUT2D eigenvalue weighted by Gasteiger charge is 2.12. The highest BCUT2D eigenvalue weighted by molar-refractivity contribution is 5.93. The van der Waals surface area contributed by atoms with Crippen molar-refractivity contribution in [1.29, 1.82) is 0 Å². The lowest BCUT2D eigenvalue weighted by Crippen LogP contribution is -2.09. The van der Waals surface area contributed by atoms with Crippen molar-refractivity contribution >= 4 is 11.7 Å². The smallest absolute Gasteiger partial charge is 0.337 e. The van der Waals surface area contributed by atoms with Crippen LogP contribution in [0.1, 0.15) is 23.2 Å². The summed E-state index contributed by atoms with van der Waals surface area (Å²) in [5.41, 5.74) is 5.80. The van der Waals surface area contributed by atoms with Crippen molar-refractivity contribution in [2.75, 3.05) is 18.9 Å². The molecule has 1 aliphatic heterocycles. The number of aromatic carboxylic acids is 1. The van der Waals surface area contributed by atoms with Gasteiger partial charge in [-0.15, -0.1) is 0 Å². The Hall–Kier alpha value is -1.59. The van der Waals surface area contributed by atoms with Gasteiger partial charge in [0, 0.05) is 12.3 Å². The molecule has 1 aromatic rings. The van der Waals surface area contributed by atoms with Crippen molar-refractivity contribution in [1.82, 2.24) is 0 Å². The van der Waals surface area contributed by atoms with Gasteiger partial charge in [-0.05, 0) is 25.0 Å². The highest BCUT2D eigenvalue weighted by Crippen LogP contribution is 2.10. The number of anilines is 1. The minimum absolute atomic E-state index is 0.153. The van der Waals surface area contributed by atoms with E-state index in [1.165, 1.54) is 6.07 Å². The van der Waals surface area contributed by atoms with Crippen LogP contribution < -0.4 is 5.73 Å². The Kier molecular flexibility index (Phi) is 5.45. The van der Waals surface area contributed by atoms with Gasteiger partial charge < -0.3 is 20.7 Å². The maximum atomic E-state index is 10.3. The third-order valence-corrected chi connectivity index (χ3v) is 2.42. The Morgan fingerprint density at radius 2 is 2.18 bits per heavy atom. The number of para-hydroxylation sites is 1. The van der Waals surface area contributed by atoms with E-state index >= 15 is 0 Å². The van der Waals surface area contributed by atoms with Gasteiger partial charge in [-0.1, -0.05) is 12.1 Å². The second-order valence-electron chi connectivity index (χ2n) is 3.71. The van der Waals surface area contributed by atoms with Crippen molar-refractivity contribution < 1.29 is 19.7 Å². The quantitative estimate of drug-likeness (QED) is 0.672. The first-order valence-electron chi connectivity index (χ1n) is 5.45. The molecule has 1 atom stereocenters. The van der Waals surface area contributed by atoms with Gasteiger partial charge in [0.25, 0.3) is 0 Å². The molecule has 1 aromatic carbocycles. The van der Waals surface area contributed by atoms with Crippen molar-refractivity contribution in [3.63, 3.8) is 0 Å². The van der Waals surface area contributed by atoms with E-state index in [9.17, 15) is 4.79 Å². The third-order valence-electron chi connectivity index (χ3n) is 2.42. The zero-order valence-electron chi connectivity index (χ0n) is 9.50. The molecular formula is C12H17NO4. The van der Waals surface area contributed by atoms with Crippen LogP contribution in [0, 0.1) is 0 Å². The first-order chi connectivity index (χ1) is 8.15. The molecule has 0 amide bonds. The standard InChI is InChI=1S/C7H7NO2.C5H10O2/c8-6-4-2-1-3-5(6)7(9)10;6-4-5-2-1-3-7-5/h1-4H,8H2,(H,9,10);5-6H,1-4H2. The lowest BCUT2D eigenvalue weighted by Gasteiger charge is -2.00. The molecule has 0 aromatic heterocycles. The summed E-state index contributed by atoms with van der Waals surface area (Å²) < 4.78 is 5.05. The molecule has 0 radical (unpaired) electrons. The summed E-state index contributed by atoms with van der Waals surface area (Å²) in [4.78, 5) is 10.3. The number of rotatable bonds is 2. The lowest BCUT2D eigenvalue weighted by molar-refractivity contribution is 0.0591. The highest BCUT2D eigenvalue weighted by atomic mass is 16.5. The van der Waals surface area contributed by atoms with E-state index in [1.807, 2.05) is 0 Å². The number of carboxylic acid groups (broad SMARTS) is 1.